The molecule has 1 aromatic carbocycles. The summed E-state index contributed by atoms with van der Waals surface area (Å²) in [4.78, 5) is 0. The molecule has 0 unspecified atom stereocenters. The molecule has 90 valence electrons. The lowest BCUT2D eigenvalue weighted by molar-refractivity contribution is -0.138. The summed E-state index contributed by atoms with van der Waals surface area (Å²) in [6, 6.07) is 3.75. The standard InChI is InChI=1S/C12H15N3O2/c13-5-7-8(14)1-2-9-11(7)12-10(6-15-9)16-3-4-17-12/h1-2,5,10,12-13,15H,3-4,6,14H2/t10-,12-/m0/s1. The molecule has 1 aromatic rings. The van der Waals surface area contributed by atoms with Gasteiger partial charge in [-0.15, -0.1) is 0 Å². The number of nitrogens with one attached hydrogen (secondary N) is 2. The van der Waals surface area contributed by atoms with Crippen LogP contribution in [0.2, 0.25) is 0 Å². The topological polar surface area (TPSA) is 80.4 Å². The summed E-state index contributed by atoms with van der Waals surface area (Å²) in [6.07, 6.45) is 1.19. The molecule has 0 aliphatic carbocycles. The first-order chi connectivity index (χ1) is 8.31. The first kappa shape index (κ1) is 10.6. The Kier molecular flexibility index (Phi) is 2.49. The lowest BCUT2D eigenvalue weighted by Gasteiger charge is -2.38. The van der Waals surface area contributed by atoms with E-state index in [1.54, 1.807) is 0 Å². The quantitative estimate of drug-likeness (QED) is 0.502. The number of benzene rings is 1. The number of nitrogens with two attached hydrogens (primary N) is 1. The van der Waals surface area contributed by atoms with Crippen LogP contribution in [0.4, 0.5) is 11.4 Å². The van der Waals surface area contributed by atoms with E-state index in [-0.39, 0.29) is 12.2 Å². The van der Waals surface area contributed by atoms with Gasteiger partial charge >= 0.3 is 0 Å². The van der Waals surface area contributed by atoms with Crippen LogP contribution in [0.25, 0.3) is 0 Å². The fourth-order valence-corrected chi connectivity index (χ4v) is 2.49. The molecule has 2 aliphatic rings. The van der Waals surface area contributed by atoms with Crippen LogP contribution in [0.3, 0.4) is 0 Å². The summed E-state index contributed by atoms with van der Waals surface area (Å²) >= 11 is 0. The van der Waals surface area contributed by atoms with Crippen molar-refractivity contribution in [3.63, 3.8) is 0 Å². The first-order valence-electron chi connectivity index (χ1n) is 5.71. The Hall–Kier alpha value is -1.59. The summed E-state index contributed by atoms with van der Waals surface area (Å²) < 4.78 is 11.5. The lowest BCUT2D eigenvalue weighted by atomic mass is 9.92. The van der Waals surface area contributed by atoms with Crippen LogP contribution in [0, 0.1) is 5.41 Å². The molecular formula is C12H15N3O2. The minimum atomic E-state index is -0.111. The predicted octanol–water partition coefficient (Wildman–Crippen LogP) is 1.15. The maximum Gasteiger partial charge on any atom is 0.113 e. The van der Waals surface area contributed by atoms with E-state index in [1.807, 2.05) is 12.1 Å². The summed E-state index contributed by atoms with van der Waals surface area (Å²) in [5.74, 6) is 0. The second kappa shape index (κ2) is 4.01. The van der Waals surface area contributed by atoms with Crippen LogP contribution in [-0.2, 0) is 9.47 Å². The molecule has 3 rings (SSSR count). The maximum atomic E-state index is 7.50. The SMILES string of the molecule is N=Cc1c(N)ccc2c1[C@H]1OCCO[C@H]1CN2. The van der Waals surface area contributed by atoms with Crippen molar-refractivity contribution in [3.05, 3.63) is 23.3 Å². The fraction of sp³-hybridized carbons (Fsp3) is 0.417. The Balaban J connectivity index is 2.13. The molecule has 1 saturated heterocycles. The van der Waals surface area contributed by atoms with Crippen molar-refractivity contribution < 1.29 is 9.47 Å². The van der Waals surface area contributed by atoms with Gasteiger partial charge in [-0.25, -0.2) is 0 Å². The van der Waals surface area contributed by atoms with Crippen molar-refractivity contribution in [2.45, 2.75) is 12.2 Å². The molecule has 0 saturated carbocycles. The normalized spacial score (nSPS) is 26.6. The Morgan fingerprint density at radius 2 is 2.18 bits per heavy atom. The molecule has 2 heterocycles. The number of hydrogen-bond donors (Lipinski definition) is 3. The molecule has 0 amide bonds. The van der Waals surface area contributed by atoms with E-state index in [9.17, 15) is 0 Å². The number of ether oxygens (including phenoxy) is 2. The monoisotopic (exact) mass is 233 g/mol. The van der Waals surface area contributed by atoms with E-state index < -0.39 is 0 Å². The van der Waals surface area contributed by atoms with Gasteiger partial charge in [0, 0.05) is 35.3 Å². The molecule has 4 N–H and O–H groups in total. The van der Waals surface area contributed by atoms with Gasteiger partial charge < -0.3 is 25.9 Å². The summed E-state index contributed by atoms with van der Waals surface area (Å²) in [6.45, 7) is 1.95. The highest BCUT2D eigenvalue weighted by molar-refractivity contribution is 5.90. The largest absolute Gasteiger partial charge is 0.398 e. The molecule has 1 fully saturated rings. The zero-order chi connectivity index (χ0) is 11.8. The third-order valence-electron chi connectivity index (χ3n) is 3.29. The van der Waals surface area contributed by atoms with E-state index in [1.165, 1.54) is 6.21 Å². The molecule has 0 bridgehead atoms. The van der Waals surface area contributed by atoms with Gasteiger partial charge in [0.25, 0.3) is 0 Å². The van der Waals surface area contributed by atoms with E-state index >= 15 is 0 Å². The Labute approximate surface area is 99.4 Å². The number of nitrogen functional groups attached to an aromatic ring is 1. The zero-order valence-electron chi connectivity index (χ0n) is 9.40. The third kappa shape index (κ3) is 1.59. The van der Waals surface area contributed by atoms with E-state index in [4.69, 9.17) is 20.6 Å². The highest BCUT2D eigenvalue weighted by Gasteiger charge is 2.35. The van der Waals surface area contributed by atoms with Gasteiger partial charge in [0.2, 0.25) is 0 Å². The van der Waals surface area contributed by atoms with E-state index in [0.717, 1.165) is 23.4 Å². The Bertz CT molecular complexity index is 461. The van der Waals surface area contributed by atoms with Gasteiger partial charge in [0.15, 0.2) is 0 Å². The average Bonchev–Trinajstić information content (AvgIpc) is 2.38. The van der Waals surface area contributed by atoms with Crippen LogP contribution in [-0.4, -0.2) is 32.1 Å². The minimum absolute atomic E-state index is 0.0109. The Morgan fingerprint density at radius 3 is 3.00 bits per heavy atom. The lowest BCUT2D eigenvalue weighted by Crippen LogP contribution is -2.41. The van der Waals surface area contributed by atoms with Crippen LogP contribution in [0.15, 0.2) is 12.1 Å². The van der Waals surface area contributed by atoms with Crippen molar-refractivity contribution in [1.82, 2.24) is 0 Å². The highest BCUT2D eigenvalue weighted by atomic mass is 16.6. The van der Waals surface area contributed by atoms with Crippen LogP contribution in [0.1, 0.15) is 17.2 Å². The molecular weight excluding hydrogens is 218 g/mol. The van der Waals surface area contributed by atoms with E-state index in [2.05, 4.69) is 5.32 Å². The van der Waals surface area contributed by atoms with Crippen LogP contribution < -0.4 is 11.1 Å². The van der Waals surface area contributed by atoms with E-state index in [0.29, 0.717) is 18.9 Å². The van der Waals surface area contributed by atoms with Crippen molar-refractivity contribution in [2.24, 2.45) is 0 Å². The molecule has 5 nitrogen and oxygen atoms in total. The highest BCUT2D eigenvalue weighted by Crippen LogP contribution is 2.39. The molecule has 17 heavy (non-hydrogen) atoms. The second-order valence-corrected chi connectivity index (χ2v) is 4.26. The van der Waals surface area contributed by atoms with Gasteiger partial charge in [-0.1, -0.05) is 0 Å². The summed E-state index contributed by atoms with van der Waals surface area (Å²) in [5, 5.41) is 10.8. The van der Waals surface area contributed by atoms with Crippen LogP contribution in [0.5, 0.6) is 0 Å². The second-order valence-electron chi connectivity index (χ2n) is 4.26. The molecule has 5 heteroatoms. The smallest absolute Gasteiger partial charge is 0.113 e. The summed E-state index contributed by atoms with van der Waals surface area (Å²) in [5.41, 5.74) is 9.18. The maximum absolute atomic E-state index is 7.50. The van der Waals surface area contributed by atoms with Crippen molar-refractivity contribution >= 4 is 17.6 Å². The predicted molar refractivity (Wildman–Crippen MR) is 65.7 cm³/mol. The number of anilines is 2. The first-order valence-corrected chi connectivity index (χ1v) is 5.71. The number of rotatable bonds is 1. The van der Waals surface area contributed by atoms with Gasteiger partial charge in [-0.2, -0.15) is 0 Å². The minimum Gasteiger partial charge on any atom is -0.398 e. The number of hydrogen-bond acceptors (Lipinski definition) is 5. The molecule has 0 spiro atoms. The van der Waals surface area contributed by atoms with Gasteiger partial charge in [0.05, 0.1) is 13.2 Å². The fourth-order valence-electron chi connectivity index (χ4n) is 2.49. The third-order valence-corrected chi connectivity index (χ3v) is 3.29. The molecule has 0 aromatic heterocycles. The van der Waals surface area contributed by atoms with Gasteiger partial charge in [-0.05, 0) is 12.1 Å². The molecule has 2 aliphatic heterocycles. The Morgan fingerprint density at radius 1 is 1.35 bits per heavy atom. The number of fused-ring (bicyclic) bond motifs is 3. The van der Waals surface area contributed by atoms with Crippen molar-refractivity contribution in [3.8, 4) is 0 Å². The van der Waals surface area contributed by atoms with Crippen LogP contribution >= 0.6 is 0 Å². The molecule has 2 atom stereocenters. The van der Waals surface area contributed by atoms with Crippen molar-refractivity contribution in [1.29, 1.82) is 5.41 Å². The molecule has 0 radical (unpaired) electrons. The van der Waals surface area contributed by atoms with Crippen molar-refractivity contribution in [2.75, 3.05) is 30.8 Å². The average molecular weight is 233 g/mol. The van der Waals surface area contributed by atoms with Gasteiger partial charge in [-0.3, -0.25) is 0 Å². The van der Waals surface area contributed by atoms with Gasteiger partial charge in [0.1, 0.15) is 12.2 Å². The zero-order valence-corrected chi connectivity index (χ0v) is 9.40. The summed E-state index contributed by atoms with van der Waals surface area (Å²) in [7, 11) is 0.